The number of nitrogen functional groups attached to an aromatic ring is 1. The van der Waals surface area contributed by atoms with Crippen molar-refractivity contribution in [3.05, 3.63) is 76.0 Å². The molecule has 2 aromatic carbocycles. The van der Waals surface area contributed by atoms with Crippen molar-refractivity contribution in [2.75, 3.05) is 59.3 Å². The molecule has 0 aliphatic carbocycles. The average molecular weight is 556 g/mol. The van der Waals surface area contributed by atoms with Gasteiger partial charge in [0.2, 0.25) is 0 Å². The molecule has 216 valence electrons. The third kappa shape index (κ3) is 5.39. The number of amides is 1. The van der Waals surface area contributed by atoms with Gasteiger partial charge in [-0.2, -0.15) is 0 Å². The van der Waals surface area contributed by atoms with E-state index in [1.807, 2.05) is 36.2 Å². The third-order valence-electron chi connectivity index (χ3n) is 8.80. The number of H-pyrrole nitrogens is 1. The van der Waals surface area contributed by atoms with Gasteiger partial charge in [0.05, 0.1) is 18.6 Å². The fourth-order valence-electron chi connectivity index (χ4n) is 6.48. The highest BCUT2D eigenvalue weighted by atomic mass is 16.5. The summed E-state index contributed by atoms with van der Waals surface area (Å²) in [6.07, 6.45) is 5.96. The number of hydrogen-bond donors (Lipinski definition) is 3. The number of anilines is 1. The molecular weight excluding hydrogens is 514 g/mol. The SMILES string of the molecule is Cc1cc(-c2c[nH]c(N)c2/C=C(\N)c2ccc(C3CCOCC3)c(CN(C)C)c2)ccc1C(=O)N1CC2(COC2)C1. The van der Waals surface area contributed by atoms with Crippen LogP contribution in [-0.2, 0) is 16.0 Å². The zero-order valence-corrected chi connectivity index (χ0v) is 24.3. The maximum absolute atomic E-state index is 13.1. The monoisotopic (exact) mass is 555 g/mol. The fraction of sp³-hybridized carbons (Fsp3) is 0.424. The molecule has 8 heteroatoms. The van der Waals surface area contributed by atoms with Crippen molar-refractivity contribution in [1.82, 2.24) is 14.8 Å². The van der Waals surface area contributed by atoms with Crippen LogP contribution in [0.15, 0.2) is 42.6 Å². The largest absolute Gasteiger partial charge is 0.398 e. The molecule has 6 rings (SSSR count). The second kappa shape index (κ2) is 11.0. The Labute approximate surface area is 242 Å². The van der Waals surface area contributed by atoms with Gasteiger partial charge in [-0.1, -0.05) is 24.3 Å². The van der Waals surface area contributed by atoms with E-state index in [9.17, 15) is 4.79 Å². The van der Waals surface area contributed by atoms with Gasteiger partial charge in [-0.05, 0) is 85.8 Å². The Hall–Kier alpha value is -3.59. The van der Waals surface area contributed by atoms with Crippen molar-refractivity contribution >= 4 is 23.5 Å². The molecule has 1 spiro atoms. The summed E-state index contributed by atoms with van der Waals surface area (Å²) < 4.78 is 11.0. The molecular formula is C33H41N5O3. The van der Waals surface area contributed by atoms with Crippen LogP contribution in [-0.4, -0.2) is 74.3 Å². The van der Waals surface area contributed by atoms with Gasteiger partial charge in [-0.3, -0.25) is 4.79 Å². The van der Waals surface area contributed by atoms with Gasteiger partial charge >= 0.3 is 0 Å². The number of carbonyl (C=O) groups excluding carboxylic acids is 1. The number of hydrogen-bond acceptors (Lipinski definition) is 6. The molecule has 0 saturated carbocycles. The van der Waals surface area contributed by atoms with E-state index in [0.29, 0.717) is 17.4 Å². The van der Waals surface area contributed by atoms with E-state index in [-0.39, 0.29) is 11.3 Å². The van der Waals surface area contributed by atoms with Crippen molar-refractivity contribution in [3.8, 4) is 11.1 Å². The minimum atomic E-state index is 0.0854. The molecule has 5 N–H and O–H groups in total. The number of aryl methyl sites for hydroxylation is 1. The van der Waals surface area contributed by atoms with Gasteiger partial charge < -0.3 is 35.7 Å². The summed E-state index contributed by atoms with van der Waals surface area (Å²) in [7, 11) is 4.19. The standard InChI is InChI=1S/C33H41N5O3/c1-21-12-23(4-6-26(21)32(39)38-17-33(18-38)19-41-20-33)29-15-36-31(35)28(29)14-30(34)24-5-7-27(22-8-10-40-11-9-22)25(13-24)16-37(2)3/h4-7,12-15,22,36H,8-11,16-20,34-35H2,1-3H3/b30-14-. The van der Waals surface area contributed by atoms with E-state index in [1.165, 1.54) is 11.1 Å². The van der Waals surface area contributed by atoms with Crippen molar-refractivity contribution < 1.29 is 14.3 Å². The predicted molar refractivity (Wildman–Crippen MR) is 163 cm³/mol. The number of nitrogens with two attached hydrogens (primary N) is 2. The number of aromatic amines is 1. The Kier molecular flexibility index (Phi) is 7.40. The quantitative estimate of drug-likeness (QED) is 0.397. The van der Waals surface area contributed by atoms with Crippen molar-refractivity contribution in [2.45, 2.75) is 32.2 Å². The Bertz CT molecular complexity index is 1470. The summed E-state index contributed by atoms with van der Waals surface area (Å²) in [4.78, 5) is 20.4. The van der Waals surface area contributed by atoms with E-state index >= 15 is 0 Å². The highest BCUT2D eigenvalue weighted by Gasteiger charge is 2.50. The van der Waals surface area contributed by atoms with Crippen molar-refractivity contribution in [1.29, 1.82) is 0 Å². The van der Waals surface area contributed by atoms with Crippen LogP contribution < -0.4 is 11.5 Å². The van der Waals surface area contributed by atoms with Gasteiger partial charge in [0, 0.05) is 61.4 Å². The first kappa shape index (κ1) is 27.6. The third-order valence-corrected chi connectivity index (χ3v) is 8.80. The molecule has 41 heavy (non-hydrogen) atoms. The molecule has 3 saturated heterocycles. The summed E-state index contributed by atoms with van der Waals surface area (Å²) in [5.74, 6) is 1.15. The van der Waals surface area contributed by atoms with Crippen LogP contribution in [0.25, 0.3) is 22.9 Å². The molecule has 0 unspecified atom stereocenters. The second-order valence-electron chi connectivity index (χ2n) is 12.4. The summed E-state index contributed by atoms with van der Waals surface area (Å²) in [5, 5.41) is 0. The fourth-order valence-corrected chi connectivity index (χ4v) is 6.48. The van der Waals surface area contributed by atoms with Crippen LogP contribution in [0.5, 0.6) is 0 Å². The molecule has 3 fully saturated rings. The molecule has 1 aromatic heterocycles. The molecule has 3 aromatic rings. The minimum absolute atomic E-state index is 0.0854. The van der Waals surface area contributed by atoms with E-state index < -0.39 is 0 Å². The number of benzene rings is 2. The lowest BCUT2D eigenvalue weighted by Gasteiger charge is -2.55. The molecule has 8 nitrogen and oxygen atoms in total. The highest BCUT2D eigenvalue weighted by molar-refractivity contribution is 5.97. The number of carbonyl (C=O) groups is 1. The molecule has 3 aliphatic heterocycles. The summed E-state index contributed by atoms with van der Waals surface area (Å²) in [6, 6.07) is 12.6. The van der Waals surface area contributed by atoms with Gasteiger partial charge in [0.25, 0.3) is 5.91 Å². The number of nitrogens with one attached hydrogen (secondary N) is 1. The van der Waals surface area contributed by atoms with Crippen molar-refractivity contribution in [3.63, 3.8) is 0 Å². The molecule has 3 aliphatic rings. The second-order valence-corrected chi connectivity index (χ2v) is 12.4. The van der Waals surface area contributed by atoms with Gasteiger partial charge in [-0.25, -0.2) is 0 Å². The van der Waals surface area contributed by atoms with Crippen molar-refractivity contribution in [2.24, 2.45) is 11.1 Å². The van der Waals surface area contributed by atoms with Gasteiger partial charge in [0.1, 0.15) is 5.82 Å². The lowest BCUT2D eigenvalue weighted by atomic mass is 9.77. The summed E-state index contributed by atoms with van der Waals surface area (Å²) >= 11 is 0. The van der Waals surface area contributed by atoms with Crippen LogP contribution in [0.1, 0.15) is 56.9 Å². The Morgan fingerprint density at radius 1 is 1.12 bits per heavy atom. The van der Waals surface area contributed by atoms with Crippen LogP contribution in [0.3, 0.4) is 0 Å². The first-order valence-electron chi connectivity index (χ1n) is 14.5. The normalized spacial score (nSPS) is 18.9. The van der Waals surface area contributed by atoms with Crippen LogP contribution in [0, 0.1) is 12.3 Å². The van der Waals surface area contributed by atoms with Crippen LogP contribution >= 0.6 is 0 Å². The highest BCUT2D eigenvalue weighted by Crippen LogP contribution is 2.39. The lowest BCUT2D eigenvalue weighted by molar-refractivity contribution is -0.176. The molecule has 1 amide bonds. The Balaban J connectivity index is 1.26. The zero-order chi connectivity index (χ0) is 28.7. The molecule has 4 heterocycles. The first-order valence-corrected chi connectivity index (χ1v) is 14.5. The Morgan fingerprint density at radius 2 is 1.88 bits per heavy atom. The predicted octanol–water partition coefficient (Wildman–Crippen LogP) is 4.46. The Morgan fingerprint density at radius 3 is 2.54 bits per heavy atom. The van der Waals surface area contributed by atoms with Crippen LogP contribution in [0.2, 0.25) is 0 Å². The molecule has 0 radical (unpaired) electrons. The molecule has 0 atom stereocenters. The number of nitrogens with zero attached hydrogens (tertiary/aromatic N) is 2. The maximum atomic E-state index is 13.1. The van der Waals surface area contributed by atoms with Gasteiger partial charge in [0.15, 0.2) is 0 Å². The summed E-state index contributed by atoms with van der Waals surface area (Å²) in [5.41, 5.74) is 22.1. The number of rotatable bonds is 7. The van der Waals surface area contributed by atoms with E-state index in [2.05, 4.69) is 48.2 Å². The molecule has 0 bridgehead atoms. The zero-order valence-electron chi connectivity index (χ0n) is 24.3. The number of likely N-dealkylation sites (tertiary alicyclic amines) is 1. The lowest BCUT2D eigenvalue weighted by Crippen LogP contribution is -2.67. The van der Waals surface area contributed by atoms with Crippen LogP contribution in [0.4, 0.5) is 5.82 Å². The van der Waals surface area contributed by atoms with Gasteiger partial charge in [-0.15, -0.1) is 0 Å². The maximum Gasteiger partial charge on any atom is 0.254 e. The van der Waals surface area contributed by atoms with E-state index in [1.54, 1.807) is 0 Å². The average Bonchev–Trinajstić information content (AvgIpc) is 3.26. The summed E-state index contributed by atoms with van der Waals surface area (Å²) in [6.45, 7) is 7.56. The number of ether oxygens (including phenoxy) is 2. The first-order chi connectivity index (χ1) is 19.7. The number of aromatic nitrogens is 1. The van der Waals surface area contributed by atoms with E-state index in [0.717, 1.165) is 92.3 Å². The topological polar surface area (TPSA) is 110 Å². The van der Waals surface area contributed by atoms with E-state index in [4.69, 9.17) is 20.9 Å². The minimum Gasteiger partial charge on any atom is -0.398 e. The smallest absolute Gasteiger partial charge is 0.254 e.